The predicted molar refractivity (Wildman–Crippen MR) is 67.1 cm³/mol. The maximum Gasteiger partial charge on any atom is 0.335 e. The van der Waals surface area contributed by atoms with Gasteiger partial charge in [0.1, 0.15) is 0 Å². The molecule has 0 radical (unpaired) electrons. The van der Waals surface area contributed by atoms with E-state index >= 15 is 0 Å². The van der Waals surface area contributed by atoms with Crippen LogP contribution in [0.15, 0.2) is 48.5 Å². The monoisotopic (exact) mass is 227 g/mol. The largest absolute Gasteiger partial charge is 0.478 e. The van der Waals surface area contributed by atoms with Crippen LogP contribution in [-0.2, 0) is 6.42 Å². The highest BCUT2D eigenvalue weighted by molar-refractivity contribution is 5.87. The summed E-state index contributed by atoms with van der Waals surface area (Å²) in [5.74, 6) is -0.903. The summed E-state index contributed by atoms with van der Waals surface area (Å²) >= 11 is 0. The van der Waals surface area contributed by atoms with Crippen molar-refractivity contribution in [3.63, 3.8) is 0 Å². The Hall–Kier alpha value is -2.29. The molecule has 0 fully saturated rings. The Bertz CT molecular complexity index is 549. The third-order valence-electron chi connectivity index (χ3n) is 2.53. The lowest BCUT2D eigenvalue weighted by molar-refractivity contribution is 0.0697. The Morgan fingerprint density at radius 3 is 2.35 bits per heavy atom. The molecule has 0 saturated carbocycles. The van der Waals surface area contributed by atoms with E-state index in [-0.39, 0.29) is 0 Å². The average molecular weight is 227 g/mol. The zero-order valence-corrected chi connectivity index (χ0v) is 9.26. The topological polar surface area (TPSA) is 63.3 Å². The number of nitrogens with two attached hydrogens (primary N) is 1. The van der Waals surface area contributed by atoms with Crippen LogP contribution < -0.4 is 5.73 Å². The highest BCUT2D eigenvalue weighted by Gasteiger charge is 2.03. The molecule has 0 aliphatic carbocycles. The van der Waals surface area contributed by atoms with E-state index in [1.807, 2.05) is 30.3 Å². The van der Waals surface area contributed by atoms with Gasteiger partial charge in [-0.15, -0.1) is 0 Å². The molecule has 0 saturated heterocycles. The van der Waals surface area contributed by atoms with Crippen molar-refractivity contribution in [1.82, 2.24) is 0 Å². The van der Waals surface area contributed by atoms with Gasteiger partial charge in [0.05, 0.1) is 5.56 Å². The summed E-state index contributed by atoms with van der Waals surface area (Å²) in [4.78, 5) is 10.8. The number of carboxylic acid groups (broad SMARTS) is 1. The van der Waals surface area contributed by atoms with Crippen molar-refractivity contribution < 1.29 is 9.90 Å². The molecule has 0 bridgehead atoms. The molecule has 0 aliphatic rings. The molecule has 3 heteroatoms. The van der Waals surface area contributed by atoms with Crippen LogP contribution in [0.25, 0.3) is 0 Å². The van der Waals surface area contributed by atoms with Gasteiger partial charge in [-0.05, 0) is 41.8 Å². The van der Waals surface area contributed by atoms with Crippen LogP contribution in [0.5, 0.6) is 0 Å². The average Bonchev–Trinajstić information content (AvgIpc) is 2.29. The van der Waals surface area contributed by atoms with E-state index in [1.54, 1.807) is 18.2 Å². The van der Waals surface area contributed by atoms with Gasteiger partial charge in [-0.25, -0.2) is 4.79 Å². The molecule has 2 aromatic rings. The third kappa shape index (κ3) is 2.84. The number of carbonyl (C=O) groups is 1. The summed E-state index contributed by atoms with van der Waals surface area (Å²) in [7, 11) is 0. The van der Waals surface area contributed by atoms with Crippen molar-refractivity contribution in [3.05, 3.63) is 65.2 Å². The quantitative estimate of drug-likeness (QED) is 0.792. The van der Waals surface area contributed by atoms with Crippen molar-refractivity contribution >= 4 is 11.7 Å². The minimum Gasteiger partial charge on any atom is -0.478 e. The first-order valence-corrected chi connectivity index (χ1v) is 5.32. The molecule has 3 N–H and O–H groups in total. The highest BCUT2D eigenvalue weighted by atomic mass is 16.4. The third-order valence-corrected chi connectivity index (χ3v) is 2.53. The summed E-state index contributed by atoms with van der Waals surface area (Å²) in [5.41, 5.74) is 8.77. The summed E-state index contributed by atoms with van der Waals surface area (Å²) < 4.78 is 0. The maximum atomic E-state index is 10.8. The molecule has 0 atom stereocenters. The maximum absolute atomic E-state index is 10.8. The van der Waals surface area contributed by atoms with Gasteiger partial charge < -0.3 is 10.8 Å². The number of hydrogen-bond acceptors (Lipinski definition) is 2. The van der Waals surface area contributed by atoms with Gasteiger partial charge in [-0.3, -0.25) is 0 Å². The second-order valence-electron chi connectivity index (χ2n) is 3.93. The Morgan fingerprint density at radius 1 is 1.06 bits per heavy atom. The molecule has 2 aromatic carbocycles. The van der Waals surface area contributed by atoms with E-state index in [2.05, 4.69) is 0 Å². The van der Waals surface area contributed by atoms with E-state index in [0.717, 1.165) is 16.8 Å². The van der Waals surface area contributed by atoms with Crippen LogP contribution in [0.4, 0.5) is 5.69 Å². The first kappa shape index (κ1) is 11.2. The predicted octanol–water partition coefficient (Wildman–Crippen LogP) is 2.56. The lowest BCUT2D eigenvalue weighted by Gasteiger charge is -2.04. The highest BCUT2D eigenvalue weighted by Crippen LogP contribution is 2.13. The minimum absolute atomic E-state index is 0.311. The molecule has 0 spiro atoms. The first-order valence-electron chi connectivity index (χ1n) is 5.32. The zero-order chi connectivity index (χ0) is 12.3. The minimum atomic E-state index is -0.903. The van der Waals surface area contributed by atoms with Gasteiger partial charge in [0, 0.05) is 5.69 Å². The van der Waals surface area contributed by atoms with Gasteiger partial charge in [-0.2, -0.15) is 0 Å². The summed E-state index contributed by atoms with van der Waals surface area (Å²) in [6.45, 7) is 0. The van der Waals surface area contributed by atoms with Crippen LogP contribution in [0.2, 0.25) is 0 Å². The lowest BCUT2D eigenvalue weighted by Crippen LogP contribution is -1.98. The first-order chi connectivity index (χ1) is 8.15. The molecule has 17 heavy (non-hydrogen) atoms. The van der Waals surface area contributed by atoms with Crippen molar-refractivity contribution in [3.8, 4) is 0 Å². The normalized spacial score (nSPS) is 10.1. The van der Waals surface area contributed by atoms with Crippen LogP contribution in [0, 0.1) is 0 Å². The second-order valence-corrected chi connectivity index (χ2v) is 3.93. The molecule has 3 nitrogen and oxygen atoms in total. The number of nitrogen functional groups attached to an aromatic ring is 1. The number of carboxylic acids is 1. The van der Waals surface area contributed by atoms with Crippen molar-refractivity contribution in [1.29, 1.82) is 0 Å². The number of rotatable bonds is 3. The Morgan fingerprint density at radius 2 is 1.71 bits per heavy atom. The van der Waals surface area contributed by atoms with Gasteiger partial charge in [0.2, 0.25) is 0 Å². The van der Waals surface area contributed by atoms with Gasteiger partial charge >= 0.3 is 5.97 Å². The molecule has 0 amide bonds. The van der Waals surface area contributed by atoms with Gasteiger partial charge in [-0.1, -0.05) is 24.3 Å². The Balaban J connectivity index is 2.24. The van der Waals surface area contributed by atoms with E-state index in [9.17, 15) is 4.79 Å². The lowest BCUT2D eigenvalue weighted by atomic mass is 10.0. The summed E-state index contributed by atoms with van der Waals surface area (Å²) in [6, 6.07) is 14.5. The SMILES string of the molecule is Nc1cccc(Cc2cccc(C(=O)O)c2)c1. The second kappa shape index (κ2) is 4.70. The molecular weight excluding hydrogens is 214 g/mol. The van der Waals surface area contributed by atoms with Crippen molar-refractivity contribution in [2.24, 2.45) is 0 Å². The fourth-order valence-electron chi connectivity index (χ4n) is 1.75. The molecule has 2 rings (SSSR count). The van der Waals surface area contributed by atoms with E-state index in [4.69, 9.17) is 10.8 Å². The molecular formula is C14H13NO2. The Labute approximate surface area is 99.5 Å². The number of benzene rings is 2. The van der Waals surface area contributed by atoms with E-state index in [1.165, 1.54) is 0 Å². The fraction of sp³-hybridized carbons (Fsp3) is 0.0714. The van der Waals surface area contributed by atoms with E-state index < -0.39 is 5.97 Å². The smallest absolute Gasteiger partial charge is 0.335 e. The fourth-order valence-corrected chi connectivity index (χ4v) is 1.75. The van der Waals surface area contributed by atoms with E-state index in [0.29, 0.717) is 12.0 Å². The summed E-state index contributed by atoms with van der Waals surface area (Å²) in [6.07, 6.45) is 0.687. The molecule has 0 aromatic heterocycles. The van der Waals surface area contributed by atoms with Crippen LogP contribution in [0.3, 0.4) is 0 Å². The van der Waals surface area contributed by atoms with Crippen LogP contribution in [-0.4, -0.2) is 11.1 Å². The number of anilines is 1. The molecule has 0 heterocycles. The zero-order valence-electron chi connectivity index (χ0n) is 9.26. The van der Waals surface area contributed by atoms with Crippen LogP contribution in [0.1, 0.15) is 21.5 Å². The van der Waals surface area contributed by atoms with Crippen LogP contribution >= 0.6 is 0 Å². The van der Waals surface area contributed by atoms with Crippen molar-refractivity contribution in [2.45, 2.75) is 6.42 Å². The molecule has 0 aliphatic heterocycles. The number of aromatic carboxylic acids is 1. The molecule has 0 unspecified atom stereocenters. The molecule has 86 valence electrons. The standard InChI is InChI=1S/C14H13NO2/c15-13-6-2-4-11(9-13)7-10-3-1-5-12(8-10)14(16)17/h1-6,8-9H,7,15H2,(H,16,17). The van der Waals surface area contributed by atoms with Crippen molar-refractivity contribution in [2.75, 3.05) is 5.73 Å². The Kier molecular flexibility index (Phi) is 3.10. The number of hydrogen-bond donors (Lipinski definition) is 2. The van der Waals surface area contributed by atoms with Gasteiger partial charge in [0.25, 0.3) is 0 Å². The summed E-state index contributed by atoms with van der Waals surface area (Å²) in [5, 5.41) is 8.90. The van der Waals surface area contributed by atoms with Gasteiger partial charge in [0.15, 0.2) is 0 Å².